The van der Waals surface area contributed by atoms with Crippen molar-refractivity contribution < 1.29 is 9.47 Å². The summed E-state index contributed by atoms with van der Waals surface area (Å²) in [6.45, 7) is 8.18. The third kappa shape index (κ3) is 6.92. The molecule has 1 aromatic rings. The lowest BCUT2D eigenvalue weighted by Crippen LogP contribution is -2.27. The first-order valence-electron chi connectivity index (χ1n) is 7.63. The molecular weight excluding hydrogens is 250 g/mol. The SMILES string of the molecule is CCCNC(C)CCc1ccc(OC(C)COC)cc1. The standard InChI is InChI=1S/C17H29NO2/c1-5-12-18-14(2)6-7-16-8-10-17(11-9-16)20-15(3)13-19-4/h8-11,14-15,18H,5-7,12-13H2,1-4H3. The van der Waals surface area contributed by atoms with Crippen LogP contribution in [-0.4, -0.2) is 32.4 Å². The van der Waals surface area contributed by atoms with E-state index in [4.69, 9.17) is 9.47 Å². The van der Waals surface area contributed by atoms with Gasteiger partial charge >= 0.3 is 0 Å². The van der Waals surface area contributed by atoms with Crippen LogP contribution in [0.1, 0.15) is 39.2 Å². The van der Waals surface area contributed by atoms with E-state index in [0.717, 1.165) is 18.7 Å². The smallest absolute Gasteiger partial charge is 0.119 e. The van der Waals surface area contributed by atoms with Gasteiger partial charge in [0, 0.05) is 13.2 Å². The number of hydrogen-bond acceptors (Lipinski definition) is 3. The Morgan fingerprint density at radius 3 is 2.45 bits per heavy atom. The lowest BCUT2D eigenvalue weighted by atomic mass is 10.1. The Bertz CT molecular complexity index is 351. The maximum absolute atomic E-state index is 5.75. The third-order valence-corrected chi connectivity index (χ3v) is 3.27. The summed E-state index contributed by atoms with van der Waals surface area (Å²) in [5.74, 6) is 0.912. The first-order chi connectivity index (χ1) is 9.65. The van der Waals surface area contributed by atoms with Crippen LogP contribution in [0.25, 0.3) is 0 Å². The van der Waals surface area contributed by atoms with E-state index < -0.39 is 0 Å². The summed E-state index contributed by atoms with van der Waals surface area (Å²) < 4.78 is 10.8. The van der Waals surface area contributed by atoms with Crippen molar-refractivity contribution in [3.8, 4) is 5.75 Å². The molecule has 1 N–H and O–H groups in total. The summed E-state index contributed by atoms with van der Waals surface area (Å²) in [4.78, 5) is 0. The van der Waals surface area contributed by atoms with E-state index in [1.165, 1.54) is 18.4 Å². The largest absolute Gasteiger partial charge is 0.488 e. The molecule has 0 bridgehead atoms. The van der Waals surface area contributed by atoms with Crippen LogP contribution in [0, 0.1) is 0 Å². The topological polar surface area (TPSA) is 30.5 Å². The van der Waals surface area contributed by atoms with Crippen molar-refractivity contribution in [2.24, 2.45) is 0 Å². The van der Waals surface area contributed by atoms with Gasteiger partial charge in [0.05, 0.1) is 6.61 Å². The number of ether oxygens (including phenoxy) is 2. The van der Waals surface area contributed by atoms with Crippen molar-refractivity contribution in [3.63, 3.8) is 0 Å². The molecule has 114 valence electrons. The fourth-order valence-corrected chi connectivity index (χ4v) is 2.11. The van der Waals surface area contributed by atoms with Gasteiger partial charge in [-0.2, -0.15) is 0 Å². The molecule has 0 saturated heterocycles. The molecule has 0 aliphatic heterocycles. The molecule has 0 radical (unpaired) electrons. The van der Waals surface area contributed by atoms with Gasteiger partial charge < -0.3 is 14.8 Å². The molecule has 3 nitrogen and oxygen atoms in total. The Balaban J connectivity index is 2.34. The van der Waals surface area contributed by atoms with E-state index in [1.807, 2.05) is 19.1 Å². The predicted molar refractivity (Wildman–Crippen MR) is 84.5 cm³/mol. The molecule has 20 heavy (non-hydrogen) atoms. The molecule has 0 amide bonds. The van der Waals surface area contributed by atoms with Crippen molar-refractivity contribution in [2.75, 3.05) is 20.3 Å². The summed E-state index contributed by atoms with van der Waals surface area (Å²) in [6, 6.07) is 8.98. The average Bonchev–Trinajstić information content (AvgIpc) is 2.44. The molecule has 3 heteroatoms. The van der Waals surface area contributed by atoms with Crippen LogP contribution in [0.2, 0.25) is 0 Å². The first-order valence-corrected chi connectivity index (χ1v) is 7.63. The Labute approximate surface area is 123 Å². The van der Waals surface area contributed by atoms with Crippen molar-refractivity contribution in [1.82, 2.24) is 5.32 Å². The number of aryl methyl sites for hydroxylation is 1. The molecule has 0 aliphatic rings. The monoisotopic (exact) mass is 279 g/mol. The normalized spacial score (nSPS) is 14.0. The van der Waals surface area contributed by atoms with Crippen LogP contribution in [0.15, 0.2) is 24.3 Å². The lowest BCUT2D eigenvalue weighted by molar-refractivity contribution is 0.0921. The maximum Gasteiger partial charge on any atom is 0.119 e. The molecule has 0 spiro atoms. The van der Waals surface area contributed by atoms with Gasteiger partial charge in [-0.05, 0) is 57.4 Å². The number of hydrogen-bond donors (Lipinski definition) is 1. The highest BCUT2D eigenvalue weighted by atomic mass is 16.5. The number of methoxy groups -OCH3 is 1. The van der Waals surface area contributed by atoms with E-state index >= 15 is 0 Å². The van der Waals surface area contributed by atoms with Gasteiger partial charge in [0.2, 0.25) is 0 Å². The highest BCUT2D eigenvalue weighted by molar-refractivity contribution is 5.27. The van der Waals surface area contributed by atoms with Gasteiger partial charge in [-0.3, -0.25) is 0 Å². The average molecular weight is 279 g/mol. The van der Waals surface area contributed by atoms with E-state index in [0.29, 0.717) is 12.6 Å². The van der Waals surface area contributed by atoms with Crippen LogP contribution in [0.5, 0.6) is 5.75 Å². The zero-order valence-corrected chi connectivity index (χ0v) is 13.3. The minimum absolute atomic E-state index is 0.0871. The van der Waals surface area contributed by atoms with Crippen LogP contribution in [0.4, 0.5) is 0 Å². The van der Waals surface area contributed by atoms with Crippen LogP contribution >= 0.6 is 0 Å². The lowest BCUT2D eigenvalue weighted by Gasteiger charge is -2.15. The van der Waals surface area contributed by atoms with E-state index in [2.05, 4.69) is 31.3 Å². The Morgan fingerprint density at radius 1 is 1.15 bits per heavy atom. The van der Waals surface area contributed by atoms with E-state index in [9.17, 15) is 0 Å². The molecule has 1 rings (SSSR count). The molecule has 0 aromatic heterocycles. The van der Waals surface area contributed by atoms with Crippen molar-refractivity contribution in [2.45, 2.75) is 52.2 Å². The summed E-state index contributed by atoms with van der Waals surface area (Å²) >= 11 is 0. The molecule has 0 saturated carbocycles. The van der Waals surface area contributed by atoms with Gasteiger partial charge in [-0.15, -0.1) is 0 Å². The molecule has 1 aromatic carbocycles. The van der Waals surface area contributed by atoms with Crippen LogP contribution in [0.3, 0.4) is 0 Å². The second-order valence-electron chi connectivity index (χ2n) is 5.42. The number of benzene rings is 1. The molecule has 0 aliphatic carbocycles. The second kappa shape index (κ2) is 9.78. The minimum atomic E-state index is 0.0871. The highest BCUT2D eigenvalue weighted by Gasteiger charge is 2.04. The van der Waals surface area contributed by atoms with E-state index in [1.54, 1.807) is 7.11 Å². The minimum Gasteiger partial charge on any atom is -0.488 e. The van der Waals surface area contributed by atoms with Gasteiger partial charge in [-0.1, -0.05) is 19.1 Å². The van der Waals surface area contributed by atoms with Crippen LogP contribution < -0.4 is 10.1 Å². The summed E-state index contributed by atoms with van der Waals surface area (Å²) in [5.41, 5.74) is 1.36. The Morgan fingerprint density at radius 2 is 1.85 bits per heavy atom. The quantitative estimate of drug-likeness (QED) is 0.712. The molecule has 0 fully saturated rings. The zero-order valence-electron chi connectivity index (χ0n) is 13.3. The molecule has 2 unspecified atom stereocenters. The fourth-order valence-electron chi connectivity index (χ4n) is 2.11. The van der Waals surface area contributed by atoms with Gasteiger partial charge in [0.1, 0.15) is 11.9 Å². The maximum atomic E-state index is 5.75. The Kier molecular flexibility index (Phi) is 8.31. The van der Waals surface area contributed by atoms with E-state index in [-0.39, 0.29) is 6.10 Å². The third-order valence-electron chi connectivity index (χ3n) is 3.27. The van der Waals surface area contributed by atoms with Gasteiger partial charge in [-0.25, -0.2) is 0 Å². The fraction of sp³-hybridized carbons (Fsp3) is 0.647. The Hall–Kier alpha value is -1.06. The summed E-state index contributed by atoms with van der Waals surface area (Å²) in [5, 5.41) is 3.52. The highest BCUT2D eigenvalue weighted by Crippen LogP contribution is 2.15. The van der Waals surface area contributed by atoms with Crippen molar-refractivity contribution in [3.05, 3.63) is 29.8 Å². The first kappa shape index (κ1) is 17.0. The molecule has 2 atom stereocenters. The predicted octanol–water partition coefficient (Wildman–Crippen LogP) is 3.42. The van der Waals surface area contributed by atoms with Gasteiger partial charge in [0.25, 0.3) is 0 Å². The summed E-state index contributed by atoms with van der Waals surface area (Å²) in [6.07, 6.45) is 3.55. The van der Waals surface area contributed by atoms with Crippen LogP contribution in [-0.2, 0) is 11.2 Å². The summed E-state index contributed by atoms with van der Waals surface area (Å²) in [7, 11) is 1.69. The number of nitrogens with one attached hydrogen (secondary N) is 1. The number of rotatable bonds is 10. The molecule has 0 heterocycles. The van der Waals surface area contributed by atoms with Gasteiger partial charge in [0.15, 0.2) is 0 Å². The van der Waals surface area contributed by atoms with Crippen molar-refractivity contribution >= 4 is 0 Å². The molecular formula is C17H29NO2. The second-order valence-corrected chi connectivity index (χ2v) is 5.42. The zero-order chi connectivity index (χ0) is 14.8. The van der Waals surface area contributed by atoms with Crippen molar-refractivity contribution in [1.29, 1.82) is 0 Å².